The van der Waals surface area contributed by atoms with E-state index in [0.717, 1.165) is 36.9 Å². The summed E-state index contributed by atoms with van der Waals surface area (Å²) in [5.74, 6) is 1.72. The highest BCUT2D eigenvalue weighted by molar-refractivity contribution is 14.0. The van der Waals surface area contributed by atoms with Crippen molar-refractivity contribution in [2.75, 3.05) is 33.8 Å². The van der Waals surface area contributed by atoms with Crippen LogP contribution in [0.3, 0.4) is 0 Å². The molecule has 0 fully saturated rings. The highest BCUT2D eigenvalue weighted by Crippen LogP contribution is 2.17. The molecule has 0 radical (unpaired) electrons. The Kier molecular flexibility index (Phi) is 12.7. The molecule has 24 heavy (non-hydrogen) atoms. The number of benzene rings is 1. The Morgan fingerprint density at radius 2 is 1.96 bits per heavy atom. The van der Waals surface area contributed by atoms with Gasteiger partial charge in [-0.25, -0.2) is 4.99 Å². The molecule has 0 bridgehead atoms. The van der Waals surface area contributed by atoms with Crippen LogP contribution in [0, 0.1) is 0 Å². The smallest absolute Gasteiger partial charge is 0.191 e. The summed E-state index contributed by atoms with van der Waals surface area (Å²) in [5, 5.41) is 6.68. The van der Waals surface area contributed by atoms with Gasteiger partial charge in [0.1, 0.15) is 5.75 Å². The van der Waals surface area contributed by atoms with Crippen molar-refractivity contribution in [1.29, 1.82) is 0 Å². The van der Waals surface area contributed by atoms with Crippen LogP contribution >= 0.6 is 24.0 Å². The van der Waals surface area contributed by atoms with Crippen LogP contribution in [0.25, 0.3) is 0 Å². The summed E-state index contributed by atoms with van der Waals surface area (Å²) in [6.45, 7) is 9.85. The zero-order valence-electron chi connectivity index (χ0n) is 15.6. The summed E-state index contributed by atoms with van der Waals surface area (Å²) in [4.78, 5) is 7.01. The number of hydrogen-bond acceptors (Lipinski definition) is 3. The topological polar surface area (TPSA) is 48.9 Å². The molecule has 0 heterocycles. The number of halogens is 1. The minimum absolute atomic E-state index is 0. The van der Waals surface area contributed by atoms with Gasteiger partial charge in [-0.1, -0.05) is 25.1 Å². The molecule has 0 saturated heterocycles. The molecule has 1 aromatic rings. The molecule has 0 aliphatic carbocycles. The zero-order valence-corrected chi connectivity index (χ0v) is 18.0. The number of nitrogens with zero attached hydrogens (tertiary/aromatic N) is 2. The molecule has 1 aromatic carbocycles. The molecule has 0 spiro atoms. The molecular formula is C18H33IN4O. The van der Waals surface area contributed by atoms with Gasteiger partial charge in [-0.2, -0.15) is 0 Å². The van der Waals surface area contributed by atoms with E-state index in [1.807, 2.05) is 24.3 Å². The molecule has 1 unspecified atom stereocenters. The third kappa shape index (κ3) is 8.19. The molecule has 1 rings (SSSR count). The summed E-state index contributed by atoms with van der Waals surface area (Å²) in [6.07, 6.45) is 1.17. The fraction of sp³-hybridized carbons (Fsp3) is 0.611. The van der Waals surface area contributed by atoms with Crippen LogP contribution in [-0.2, 0) is 6.54 Å². The first-order valence-corrected chi connectivity index (χ1v) is 8.46. The number of methoxy groups -OCH3 is 1. The second kappa shape index (κ2) is 13.3. The molecule has 0 aliphatic heterocycles. The minimum Gasteiger partial charge on any atom is -0.496 e. The SMILES string of the molecule is CCNC(=NCc1ccccc1OC)NCCN(C)C(C)CC.I. The Morgan fingerprint density at radius 1 is 1.25 bits per heavy atom. The van der Waals surface area contributed by atoms with Gasteiger partial charge < -0.3 is 20.3 Å². The van der Waals surface area contributed by atoms with E-state index in [9.17, 15) is 0 Å². The molecular weight excluding hydrogens is 415 g/mol. The predicted octanol–water partition coefficient (Wildman–Crippen LogP) is 3.10. The summed E-state index contributed by atoms with van der Waals surface area (Å²) >= 11 is 0. The normalized spacial score (nSPS) is 12.5. The van der Waals surface area contributed by atoms with Crippen molar-refractivity contribution in [2.24, 2.45) is 4.99 Å². The van der Waals surface area contributed by atoms with E-state index in [2.05, 4.69) is 48.3 Å². The first kappa shape index (κ1) is 23.0. The van der Waals surface area contributed by atoms with Gasteiger partial charge in [0, 0.05) is 31.2 Å². The number of hydrogen-bond donors (Lipinski definition) is 2. The largest absolute Gasteiger partial charge is 0.496 e. The quantitative estimate of drug-likeness (QED) is 0.346. The fourth-order valence-electron chi connectivity index (χ4n) is 2.22. The molecule has 0 saturated carbocycles. The van der Waals surface area contributed by atoms with E-state index in [4.69, 9.17) is 4.74 Å². The van der Waals surface area contributed by atoms with Crippen LogP contribution in [0.5, 0.6) is 5.75 Å². The molecule has 1 atom stereocenters. The Balaban J connectivity index is 0.00000529. The van der Waals surface area contributed by atoms with Crippen molar-refractivity contribution < 1.29 is 4.74 Å². The second-order valence-corrected chi connectivity index (χ2v) is 5.67. The number of aliphatic imine (C=N–C) groups is 1. The molecule has 6 heteroatoms. The molecule has 138 valence electrons. The maximum Gasteiger partial charge on any atom is 0.191 e. The molecule has 2 N–H and O–H groups in total. The first-order chi connectivity index (χ1) is 11.1. The Hall–Kier alpha value is -1.02. The third-order valence-electron chi connectivity index (χ3n) is 4.04. The van der Waals surface area contributed by atoms with E-state index >= 15 is 0 Å². The van der Waals surface area contributed by atoms with Crippen molar-refractivity contribution in [3.05, 3.63) is 29.8 Å². The van der Waals surface area contributed by atoms with Crippen LogP contribution in [0.15, 0.2) is 29.3 Å². The maximum atomic E-state index is 5.37. The second-order valence-electron chi connectivity index (χ2n) is 5.67. The molecule has 5 nitrogen and oxygen atoms in total. The van der Waals surface area contributed by atoms with Gasteiger partial charge in [-0.15, -0.1) is 24.0 Å². The van der Waals surface area contributed by atoms with Crippen molar-refractivity contribution in [3.8, 4) is 5.75 Å². The lowest BCUT2D eigenvalue weighted by Gasteiger charge is -2.24. The number of guanidine groups is 1. The zero-order chi connectivity index (χ0) is 17.1. The van der Waals surface area contributed by atoms with Gasteiger partial charge >= 0.3 is 0 Å². The molecule has 0 aromatic heterocycles. The lowest BCUT2D eigenvalue weighted by Crippen LogP contribution is -2.42. The van der Waals surface area contributed by atoms with Crippen LogP contribution < -0.4 is 15.4 Å². The van der Waals surface area contributed by atoms with Gasteiger partial charge in [0.2, 0.25) is 0 Å². The van der Waals surface area contributed by atoms with Gasteiger partial charge in [0.15, 0.2) is 5.96 Å². The monoisotopic (exact) mass is 448 g/mol. The number of ether oxygens (including phenoxy) is 1. The number of rotatable bonds is 9. The average molecular weight is 448 g/mol. The van der Waals surface area contributed by atoms with Crippen LogP contribution in [-0.4, -0.2) is 50.7 Å². The van der Waals surface area contributed by atoms with Gasteiger partial charge in [0.05, 0.1) is 13.7 Å². The molecule has 0 amide bonds. The van der Waals surface area contributed by atoms with Crippen LogP contribution in [0.2, 0.25) is 0 Å². The van der Waals surface area contributed by atoms with Gasteiger partial charge in [0.25, 0.3) is 0 Å². The average Bonchev–Trinajstić information content (AvgIpc) is 2.58. The highest BCUT2D eigenvalue weighted by Gasteiger charge is 2.06. The summed E-state index contributed by atoms with van der Waals surface area (Å²) in [7, 11) is 3.85. The van der Waals surface area contributed by atoms with Crippen LogP contribution in [0.1, 0.15) is 32.8 Å². The fourth-order valence-corrected chi connectivity index (χ4v) is 2.22. The number of para-hydroxylation sites is 1. The minimum atomic E-state index is 0. The Bertz CT molecular complexity index is 482. The van der Waals surface area contributed by atoms with Gasteiger partial charge in [-0.05, 0) is 33.4 Å². The number of nitrogens with one attached hydrogen (secondary N) is 2. The van der Waals surface area contributed by atoms with Crippen LogP contribution in [0.4, 0.5) is 0 Å². The van der Waals surface area contributed by atoms with Crippen molar-refractivity contribution in [1.82, 2.24) is 15.5 Å². The van der Waals surface area contributed by atoms with E-state index in [-0.39, 0.29) is 24.0 Å². The van der Waals surface area contributed by atoms with E-state index in [1.54, 1.807) is 7.11 Å². The molecule has 0 aliphatic rings. The van der Waals surface area contributed by atoms with E-state index < -0.39 is 0 Å². The summed E-state index contributed by atoms with van der Waals surface area (Å²) < 4.78 is 5.37. The standard InChI is InChI=1S/C18H32N4O.HI/c1-6-15(3)22(4)13-12-20-18(19-7-2)21-14-16-10-8-9-11-17(16)23-5;/h8-11,15H,6-7,12-14H2,1-5H3,(H2,19,20,21);1H. The lowest BCUT2D eigenvalue weighted by molar-refractivity contribution is 0.255. The lowest BCUT2D eigenvalue weighted by atomic mass is 10.2. The van der Waals surface area contributed by atoms with Crippen molar-refractivity contribution in [2.45, 2.75) is 39.8 Å². The third-order valence-corrected chi connectivity index (χ3v) is 4.04. The number of likely N-dealkylation sites (N-methyl/N-ethyl adjacent to an activating group) is 1. The van der Waals surface area contributed by atoms with Crippen molar-refractivity contribution in [3.63, 3.8) is 0 Å². The van der Waals surface area contributed by atoms with E-state index in [0.29, 0.717) is 12.6 Å². The highest BCUT2D eigenvalue weighted by atomic mass is 127. The Morgan fingerprint density at radius 3 is 2.58 bits per heavy atom. The summed E-state index contributed by atoms with van der Waals surface area (Å²) in [5.41, 5.74) is 1.09. The first-order valence-electron chi connectivity index (χ1n) is 8.46. The van der Waals surface area contributed by atoms with E-state index in [1.165, 1.54) is 6.42 Å². The van der Waals surface area contributed by atoms with Crippen molar-refractivity contribution >= 4 is 29.9 Å². The van der Waals surface area contributed by atoms with Gasteiger partial charge in [-0.3, -0.25) is 0 Å². The summed E-state index contributed by atoms with van der Waals surface area (Å²) in [6, 6.07) is 8.59. The maximum absolute atomic E-state index is 5.37. The Labute approximate surface area is 164 Å². The predicted molar refractivity (Wildman–Crippen MR) is 114 cm³/mol.